The largest absolute Gasteiger partial charge is 0.268 e. The molecule has 0 aliphatic heterocycles. The molecule has 1 aromatic carbocycles. The highest BCUT2D eigenvalue weighted by Gasteiger charge is 2.09. The van der Waals surface area contributed by atoms with E-state index in [1.807, 2.05) is 48.5 Å². The van der Waals surface area contributed by atoms with Crippen LogP contribution in [0.15, 0.2) is 59.8 Å². The SMILES string of the molecule is Clc1ccc(-c2sc(N/N=C/c3ccccn3)cc2Cl)cc1. The standard InChI is InChI=1S/C16H11Cl2N3S/c17-12-6-4-11(5-7-12)16-14(18)9-15(22-16)21-20-10-13-3-1-2-8-19-13/h1-10,21H/b20-10+. The van der Waals surface area contributed by atoms with Gasteiger partial charge in [0.25, 0.3) is 0 Å². The van der Waals surface area contributed by atoms with E-state index in [4.69, 9.17) is 23.2 Å². The second-order valence-corrected chi connectivity index (χ2v) is 6.32. The lowest BCUT2D eigenvalue weighted by atomic mass is 10.2. The Labute approximate surface area is 142 Å². The zero-order valence-electron chi connectivity index (χ0n) is 11.3. The maximum Gasteiger partial charge on any atom is 0.111 e. The summed E-state index contributed by atoms with van der Waals surface area (Å²) < 4.78 is 0. The van der Waals surface area contributed by atoms with Gasteiger partial charge < -0.3 is 0 Å². The van der Waals surface area contributed by atoms with Crippen molar-refractivity contribution < 1.29 is 0 Å². The Hall–Kier alpha value is -1.88. The van der Waals surface area contributed by atoms with E-state index in [1.165, 1.54) is 11.3 Å². The molecule has 0 unspecified atom stereocenters. The highest BCUT2D eigenvalue weighted by Crippen LogP contribution is 2.39. The molecule has 6 heteroatoms. The minimum atomic E-state index is 0.683. The van der Waals surface area contributed by atoms with E-state index < -0.39 is 0 Å². The number of pyridine rings is 1. The van der Waals surface area contributed by atoms with Crippen LogP contribution in [0.3, 0.4) is 0 Å². The Balaban J connectivity index is 1.75. The summed E-state index contributed by atoms with van der Waals surface area (Å²) in [5.41, 5.74) is 4.79. The van der Waals surface area contributed by atoms with E-state index in [0.717, 1.165) is 21.1 Å². The summed E-state index contributed by atoms with van der Waals surface area (Å²) in [6, 6.07) is 15.1. The lowest BCUT2D eigenvalue weighted by molar-refractivity contribution is 1.28. The fourth-order valence-electron chi connectivity index (χ4n) is 1.84. The molecule has 2 aromatic heterocycles. The third-order valence-corrected chi connectivity index (χ3v) is 4.60. The number of hydrogen-bond donors (Lipinski definition) is 1. The molecule has 0 radical (unpaired) electrons. The Morgan fingerprint density at radius 1 is 1.09 bits per heavy atom. The number of anilines is 1. The van der Waals surface area contributed by atoms with Crippen molar-refractivity contribution in [1.82, 2.24) is 4.98 Å². The summed E-state index contributed by atoms with van der Waals surface area (Å²) in [5, 5.41) is 6.42. The molecule has 3 rings (SSSR count). The Morgan fingerprint density at radius 2 is 1.91 bits per heavy atom. The fraction of sp³-hybridized carbons (Fsp3) is 0. The number of hydrazone groups is 1. The van der Waals surface area contributed by atoms with Gasteiger partial charge in [-0.05, 0) is 35.9 Å². The van der Waals surface area contributed by atoms with Gasteiger partial charge in [-0.25, -0.2) is 0 Å². The second-order valence-electron chi connectivity index (χ2n) is 4.42. The Bertz CT molecular complexity index is 783. The van der Waals surface area contributed by atoms with Crippen LogP contribution in [0.1, 0.15) is 5.69 Å². The first kappa shape index (κ1) is 15.0. The quantitative estimate of drug-likeness (QED) is 0.495. The van der Waals surface area contributed by atoms with Crippen molar-refractivity contribution in [2.75, 3.05) is 5.43 Å². The van der Waals surface area contributed by atoms with Gasteiger partial charge in [-0.2, -0.15) is 5.10 Å². The predicted octanol–water partition coefficient (Wildman–Crippen LogP) is 5.56. The highest BCUT2D eigenvalue weighted by atomic mass is 35.5. The van der Waals surface area contributed by atoms with E-state index in [9.17, 15) is 0 Å². The lowest BCUT2D eigenvalue weighted by Gasteiger charge is -1.98. The third-order valence-electron chi connectivity index (χ3n) is 2.85. The Kier molecular flexibility index (Phi) is 4.73. The molecule has 0 aliphatic carbocycles. The molecular formula is C16H11Cl2N3S. The molecule has 0 amide bonds. The van der Waals surface area contributed by atoms with Gasteiger partial charge in [0.15, 0.2) is 0 Å². The maximum absolute atomic E-state index is 6.29. The van der Waals surface area contributed by atoms with Gasteiger partial charge >= 0.3 is 0 Å². The van der Waals surface area contributed by atoms with Crippen molar-refractivity contribution in [3.8, 4) is 10.4 Å². The average Bonchev–Trinajstić information content (AvgIpc) is 2.90. The van der Waals surface area contributed by atoms with Gasteiger partial charge in [-0.15, -0.1) is 11.3 Å². The van der Waals surface area contributed by atoms with Crippen LogP contribution >= 0.6 is 34.5 Å². The number of benzene rings is 1. The van der Waals surface area contributed by atoms with E-state index in [-0.39, 0.29) is 0 Å². The molecule has 0 bridgehead atoms. The van der Waals surface area contributed by atoms with Crippen LogP contribution in [0.5, 0.6) is 0 Å². The van der Waals surface area contributed by atoms with Gasteiger partial charge in [0.05, 0.1) is 21.8 Å². The van der Waals surface area contributed by atoms with Crippen LogP contribution in [0.2, 0.25) is 10.0 Å². The molecule has 0 fully saturated rings. The predicted molar refractivity (Wildman–Crippen MR) is 95.2 cm³/mol. The third kappa shape index (κ3) is 3.65. The van der Waals surface area contributed by atoms with Gasteiger partial charge in [0.1, 0.15) is 5.00 Å². The fourth-order valence-corrected chi connectivity index (χ4v) is 3.27. The van der Waals surface area contributed by atoms with E-state index in [2.05, 4.69) is 15.5 Å². The van der Waals surface area contributed by atoms with Crippen LogP contribution in [0, 0.1) is 0 Å². The molecular weight excluding hydrogens is 337 g/mol. The first-order chi connectivity index (χ1) is 10.7. The van der Waals surface area contributed by atoms with Crippen LogP contribution in [0.4, 0.5) is 5.00 Å². The number of rotatable bonds is 4. The minimum absolute atomic E-state index is 0.683. The molecule has 110 valence electrons. The first-order valence-electron chi connectivity index (χ1n) is 6.48. The Morgan fingerprint density at radius 3 is 2.64 bits per heavy atom. The smallest absolute Gasteiger partial charge is 0.111 e. The molecule has 1 N–H and O–H groups in total. The normalized spacial score (nSPS) is 11.0. The molecule has 3 nitrogen and oxygen atoms in total. The topological polar surface area (TPSA) is 37.3 Å². The highest BCUT2D eigenvalue weighted by molar-refractivity contribution is 7.20. The van der Waals surface area contributed by atoms with Gasteiger partial charge in [0, 0.05) is 11.2 Å². The van der Waals surface area contributed by atoms with E-state index in [1.54, 1.807) is 12.4 Å². The van der Waals surface area contributed by atoms with E-state index in [0.29, 0.717) is 10.0 Å². The molecule has 0 atom stereocenters. The summed E-state index contributed by atoms with van der Waals surface area (Å²) >= 11 is 13.7. The maximum atomic E-state index is 6.29. The number of nitrogens with zero attached hydrogens (tertiary/aromatic N) is 2. The van der Waals surface area contributed by atoms with Gasteiger partial charge in [-0.1, -0.05) is 41.4 Å². The molecule has 2 heterocycles. The van der Waals surface area contributed by atoms with Crippen molar-refractivity contribution in [3.05, 3.63) is 70.5 Å². The monoisotopic (exact) mass is 347 g/mol. The van der Waals surface area contributed by atoms with Gasteiger partial charge in [-0.3, -0.25) is 10.4 Å². The lowest BCUT2D eigenvalue weighted by Crippen LogP contribution is -1.89. The van der Waals surface area contributed by atoms with Crippen molar-refractivity contribution in [1.29, 1.82) is 0 Å². The zero-order valence-corrected chi connectivity index (χ0v) is 13.7. The van der Waals surface area contributed by atoms with Crippen LogP contribution in [-0.2, 0) is 0 Å². The molecule has 22 heavy (non-hydrogen) atoms. The van der Waals surface area contributed by atoms with Gasteiger partial charge in [0.2, 0.25) is 0 Å². The molecule has 0 aliphatic rings. The zero-order chi connectivity index (χ0) is 15.4. The number of hydrogen-bond acceptors (Lipinski definition) is 4. The number of halogens is 2. The summed E-state index contributed by atoms with van der Waals surface area (Å²) in [7, 11) is 0. The average molecular weight is 348 g/mol. The van der Waals surface area contributed by atoms with Crippen molar-refractivity contribution in [2.45, 2.75) is 0 Å². The summed E-state index contributed by atoms with van der Waals surface area (Å²) in [4.78, 5) is 5.14. The van der Waals surface area contributed by atoms with E-state index >= 15 is 0 Å². The molecule has 0 spiro atoms. The minimum Gasteiger partial charge on any atom is -0.268 e. The second kappa shape index (κ2) is 6.92. The molecule has 0 saturated heterocycles. The van der Waals surface area contributed by atoms with Crippen molar-refractivity contribution >= 4 is 45.8 Å². The first-order valence-corrected chi connectivity index (χ1v) is 8.05. The van der Waals surface area contributed by atoms with Crippen LogP contribution in [-0.4, -0.2) is 11.2 Å². The summed E-state index contributed by atoms with van der Waals surface area (Å²) in [6.07, 6.45) is 3.39. The van der Waals surface area contributed by atoms with Crippen LogP contribution < -0.4 is 5.43 Å². The summed E-state index contributed by atoms with van der Waals surface area (Å²) in [6.45, 7) is 0. The van der Waals surface area contributed by atoms with Crippen molar-refractivity contribution in [2.24, 2.45) is 5.10 Å². The molecule has 3 aromatic rings. The number of thiophene rings is 1. The van der Waals surface area contributed by atoms with Crippen LogP contribution in [0.25, 0.3) is 10.4 Å². The number of nitrogens with one attached hydrogen (secondary N) is 1. The molecule has 0 saturated carbocycles. The van der Waals surface area contributed by atoms with Crippen molar-refractivity contribution in [3.63, 3.8) is 0 Å². The number of aromatic nitrogens is 1. The summed E-state index contributed by atoms with van der Waals surface area (Å²) in [5.74, 6) is 0.